The lowest BCUT2D eigenvalue weighted by atomic mass is 10.1. The van der Waals surface area contributed by atoms with Crippen LogP contribution in [-0.4, -0.2) is 52.5 Å². The molecule has 23 heavy (non-hydrogen) atoms. The maximum absolute atomic E-state index is 5.39. The zero-order valence-corrected chi connectivity index (χ0v) is 14.9. The molecule has 130 valence electrons. The summed E-state index contributed by atoms with van der Waals surface area (Å²) < 4.78 is 10.4. The predicted octanol–water partition coefficient (Wildman–Crippen LogP) is 1.83. The molecule has 0 aliphatic carbocycles. The number of benzene rings is 1. The number of anilines is 1. The number of nitrogens with one attached hydrogen (secondary N) is 3. The van der Waals surface area contributed by atoms with E-state index in [1.165, 1.54) is 5.56 Å². The monoisotopic (exact) mass is 322 g/mol. The summed E-state index contributed by atoms with van der Waals surface area (Å²) in [5.41, 5.74) is 2.05. The van der Waals surface area contributed by atoms with Crippen molar-refractivity contribution in [1.82, 2.24) is 10.6 Å². The van der Waals surface area contributed by atoms with Gasteiger partial charge in [0.2, 0.25) is 0 Å². The van der Waals surface area contributed by atoms with Crippen molar-refractivity contribution < 1.29 is 9.47 Å². The van der Waals surface area contributed by atoms with Crippen LogP contribution in [0.3, 0.4) is 0 Å². The number of guanidine groups is 1. The molecule has 0 heterocycles. The van der Waals surface area contributed by atoms with E-state index in [2.05, 4.69) is 45.2 Å². The van der Waals surface area contributed by atoms with Gasteiger partial charge in [-0.1, -0.05) is 12.1 Å². The van der Waals surface area contributed by atoms with E-state index in [4.69, 9.17) is 9.47 Å². The van der Waals surface area contributed by atoms with Gasteiger partial charge in [0.25, 0.3) is 0 Å². The Kier molecular flexibility index (Phi) is 8.43. The molecule has 0 unspecified atom stereocenters. The second-order valence-corrected chi connectivity index (χ2v) is 5.86. The van der Waals surface area contributed by atoms with Crippen LogP contribution >= 0.6 is 0 Å². The van der Waals surface area contributed by atoms with Gasteiger partial charge in [0.1, 0.15) is 0 Å². The average Bonchev–Trinajstić information content (AvgIpc) is 2.56. The van der Waals surface area contributed by atoms with Crippen LogP contribution in [0.5, 0.6) is 0 Å². The van der Waals surface area contributed by atoms with Crippen molar-refractivity contribution in [3.8, 4) is 0 Å². The Morgan fingerprint density at radius 2 is 1.83 bits per heavy atom. The first-order valence-corrected chi connectivity index (χ1v) is 7.82. The normalized spacial score (nSPS) is 12.1. The van der Waals surface area contributed by atoms with Crippen molar-refractivity contribution in [2.24, 2.45) is 4.99 Å². The topological polar surface area (TPSA) is 66.9 Å². The molecule has 1 aromatic rings. The largest absolute Gasteiger partial charge is 0.383 e. The molecule has 0 saturated heterocycles. The first-order chi connectivity index (χ1) is 11.0. The molecule has 1 rings (SSSR count). The number of hydrogen-bond donors (Lipinski definition) is 3. The van der Waals surface area contributed by atoms with Crippen molar-refractivity contribution in [3.05, 3.63) is 29.8 Å². The third-order valence-corrected chi connectivity index (χ3v) is 3.51. The molecule has 0 bridgehead atoms. The highest BCUT2D eigenvalue weighted by atomic mass is 16.5. The summed E-state index contributed by atoms with van der Waals surface area (Å²) in [5, 5.41) is 9.86. The van der Waals surface area contributed by atoms with E-state index in [9.17, 15) is 0 Å². The van der Waals surface area contributed by atoms with E-state index in [0.29, 0.717) is 19.7 Å². The number of aliphatic imine (C=N–C) groups is 1. The molecule has 3 N–H and O–H groups in total. The van der Waals surface area contributed by atoms with Crippen LogP contribution in [0, 0.1) is 0 Å². The Bertz CT molecular complexity index is 472. The Morgan fingerprint density at radius 1 is 1.13 bits per heavy atom. The zero-order valence-electron chi connectivity index (χ0n) is 14.9. The highest BCUT2D eigenvalue weighted by Crippen LogP contribution is 2.09. The van der Waals surface area contributed by atoms with Crippen LogP contribution in [0.15, 0.2) is 29.3 Å². The van der Waals surface area contributed by atoms with Gasteiger partial charge in [-0.05, 0) is 31.5 Å². The molecular formula is C17H30N4O2. The van der Waals surface area contributed by atoms with Gasteiger partial charge in [0, 0.05) is 46.6 Å². The predicted molar refractivity (Wildman–Crippen MR) is 96.1 cm³/mol. The maximum Gasteiger partial charge on any atom is 0.191 e. The highest BCUT2D eigenvalue weighted by Gasteiger charge is 2.16. The van der Waals surface area contributed by atoms with Crippen LogP contribution in [-0.2, 0) is 16.0 Å². The van der Waals surface area contributed by atoms with Crippen molar-refractivity contribution >= 4 is 11.6 Å². The zero-order chi connectivity index (χ0) is 17.1. The maximum atomic E-state index is 5.39. The van der Waals surface area contributed by atoms with Crippen LogP contribution in [0.2, 0.25) is 0 Å². The van der Waals surface area contributed by atoms with E-state index in [1.807, 2.05) is 13.8 Å². The lowest BCUT2D eigenvalue weighted by Gasteiger charge is -2.24. The van der Waals surface area contributed by atoms with E-state index in [-0.39, 0.29) is 5.60 Å². The van der Waals surface area contributed by atoms with Gasteiger partial charge in [-0.3, -0.25) is 4.99 Å². The Balaban J connectivity index is 2.40. The second-order valence-electron chi connectivity index (χ2n) is 5.86. The summed E-state index contributed by atoms with van der Waals surface area (Å²) in [5.74, 6) is 0.762. The minimum atomic E-state index is -0.229. The minimum absolute atomic E-state index is 0.229. The molecule has 0 radical (unpaired) electrons. The summed E-state index contributed by atoms with van der Waals surface area (Å²) in [6.07, 6.45) is 0. The first kappa shape index (κ1) is 19.3. The fraction of sp³-hybridized carbons (Fsp3) is 0.588. The van der Waals surface area contributed by atoms with E-state index >= 15 is 0 Å². The molecule has 0 aliphatic heterocycles. The Morgan fingerprint density at radius 3 is 2.39 bits per heavy atom. The first-order valence-electron chi connectivity index (χ1n) is 7.82. The quantitative estimate of drug-likeness (QED) is 0.368. The molecule has 0 aliphatic rings. The molecule has 0 amide bonds. The SMILES string of the molecule is CN=C(NCc1ccc(NCCOC)cc1)NCC(C)(C)OC. The van der Waals surface area contributed by atoms with E-state index in [0.717, 1.165) is 18.2 Å². The lowest BCUT2D eigenvalue weighted by Crippen LogP contribution is -2.45. The summed E-state index contributed by atoms with van der Waals surface area (Å²) in [6, 6.07) is 8.32. The summed E-state index contributed by atoms with van der Waals surface area (Å²) in [4.78, 5) is 4.22. The van der Waals surface area contributed by atoms with Crippen molar-refractivity contribution in [3.63, 3.8) is 0 Å². The van der Waals surface area contributed by atoms with Crippen molar-refractivity contribution in [1.29, 1.82) is 0 Å². The van der Waals surface area contributed by atoms with Crippen LogP contribution in [0.1, 0.15) is 19.4 Å². The van der Waals surface area contributed by atoms with Crippen molar-refractivity contribution in [2.45, 2.75) is 26.0 Å². The van der Waals surface area contributed by atoms with Gasteiger partial charge >= 0.3 is 0 Å². The van der Waals surface area contributed by atoms with Gasteiger partial charge in [0.15, 0.2) is 5.96 Å². The molecule has 0 fully saturated rings. The minimum Gasteiger partial charge on any atom is -0.383 e. The van der Waals surface area contributed by atoms with Gasteiger partial charge in [-0.15, -0.1) is 0 Å². The molecule has 0 aromatic heterocycles. The molecular weight excluding hydrogens is 292 g/mol. The molecule has 1 aromatic carbocycles. The van der Waals surface area contributed by atoms with E-state index < -0.39 is 0 Å². The van der Waals surface area contributed by atoms with Crippen LogP contribution in [0.4, 0.5) is 5.69 Å². The number of nitrogens with zero attached hydrogens (tertiary/aromatic N) is 1. The lowest BCUT2D eigenvalue weighted by molar-refractivity contribution is 0.0268. The third-order valence-electron chi connectivity index (χ3n) is 3.51. The molecule has 6 heteroatoms. The van der Waals surface area contributed by atoms with Gasteiger partial charge < -0.3 is 25.4 Å². The average molecular weight is 322 g/mol. The summed E-state index contributed by atoms with van der Waals surface area (Å²) >= 11 is 0. The molecule has 0 atom stereocenters. The highest BCUT2D eigenvalue weighted by molar-refractivity contribution is 5.79. The summed E-state index contributed by atoms with van der Waals surface area (Å²) in [6.45, 7) is 6.96. The molecule has 0 saturated carbocycles. The van der Waals surface area contributed by atoms with Crippen LogP contribution in [0.25, 0.3) is 0 Å². The molecule has 6 nitrogen and oxygen atoms in total. The molecule has 0 spiro atoms. The smallest absolute Gasteiger partial charge is 0.191 e. The van der Waals surface area contributed by atoms with Crippen molar-refractivity contribution in [2.75, 3.05) is 46.3 Å². The fourth-order valence-electron chi connectivity index (χ4n) is 1.81. The summed E-state index contributed by atoms with van der Waals surface area (Å²) in [7, 11) is 5.17. The Hall–Kier alpha value is -1.79. The van der Waals surface area contributed by atoms with Gasteiger partial charge in [-0.2, -0.15) is 0 Å². The number of rotatable bonds is 9. The number of methoxy groups -OCH3 is 2. The number of hydrogen-bond acceptors (Lipinski definition) is 4. The van der Waals surface area contributed by atoms with Gasteiger partial charge in [0.05, 0.1) is 12.2 Å². The van der Waals surface area contributed by atoms with Crippen LogP contribution < -0.4 is 16.0 Å². The third kappa shape index (κ3) is 7.85. The van der Waals surface area contributed by atoms with E-state index in [1.54, 1.807) is 21.3 Å². The second kappa shape index (κ2) is 10.1. The number of ether oxygens (including phenoxy) is 2. The van der Waals surface area contributed by atoms with Gasteiger partial charge in [-0.25, -0.2) is 0 Å². The standard InChI is InChI=1S/C17H30N4O2/c1-17(2,23-5)13-21-16(18-3)20-12-14-6-8-15(9-7-14)19-10-11-22-4/h6-9,19H,10-13H2,1-5H3,(H2,18,20,21). The Labute approximate surface area is 139 Å². The fourth-order valence-corrected chi connectivity index (χ4v) is 1.81.